The molecule has 0 saturated heterocycles. The molecule has 0 aliphatic carbocycles. The third-order valence-electron chi connectivity index (χ3n) is 2.41. The van der Waals surface area contributed by atoms with E-state index in [4.69, 9.17) is 10.8 Å². The first-order chi connectivity index (χ1) is 7.88. The van der Waals surface area contributed by atoms with Gasteiger partial charge in [-0.15, -0.1) is 0 Å². The highest BCUT2D eigenvalue weighted by Crippen LogP contribution is 2.10. The van der Waals surface area contributed by atoms with Crippen molar-refractivity contribution in [3.8, 4) is 0 Å². The molecule has 6 nitrogen and oxygen atoms in total. The van der Waals surface area contributed by atoms with Crippen LogP contribution in [0, 0.1) is 5.92 Å². The van der Waals surface area contributed by atoms with Gasteiger partial charge in [-0.25, -0.2) is 4.79 Å². The minimum absolute atomic E-state index is 0.125. The number of nitrogens with two attached hydrogens (primary N) is 1. The van der Waals surface area contributed by atoms with Crippen molar-refractivity contribution < 1.29 is 19.5 Å². The maximum absolute atomic E-state index is 11.4. The summed E-state index contributed by atoms with van der Waals surface area (Å²) in [6.07, 6.45) is 2.20. The van der Waals surface area contributed by atoms with Crippen molar-refractivity contribution >= 4 is 17.9 Å². The summed E-state index contributed by atoms with van der Waals surface area (Å²) in [5, 5.41) is 8.49. The predicted octanol–water partition coefficient (Wildman–Crippen LogP) is 1.19. The van der Waals surface area contributed by atoms with Crippen LogP contribution < -0.4 is 5.73 Å². The minimum Gasteiger partial charge on any atom is -0.481 e. The molecular formula is C11H20N2O4. The molecule has 6 heteroatoms. The zero-order valence-corrected chi connectivity index (χ0v) is 10.3. The molecular weight excluding hydrogens is 224 g/mol. The van der Waals surface area contributed by atoms with Crippen LogP contribution in [0.1, 0.15) is 39.5 Å². The number of primary amides is 1. The fourth-order valence-corrected chi connectivity index (χ4v) is 1.50. The lowest BCUT2D eigenvalue weighted by atomic mass is 10.0. The Morgan fingerprint density at radius 3 is 2.35 bits per heavy atom. The van der Waals surface area contributed by atoms with E-state index in [9.17, 15) is 14.4 Å². The smallest absolute Gasteiger partial charge is 0.321 e. The van der Waals surface area contributed by atoms with Gasteiger partial charge in [-0.2, -0.15) is 0 Å². The summed E-state index contributed by atoms with van der Waals surface area (Å²) in [6, 6.07) is -0.889. The van der Waals surface area contributed by atoms with E-state index < -0.39 is 24.3 Å². The Balaban J connectivity index is 4.38. The van der Waals surface area contributed by atoms with Gasteiger partial charge in [-0.05, 0) is 12.3 Å². The first-order valence-corrected chi connectivity index (χ1v) is 5.70. The molecule has 3 N–H and O–H groups in total. The van der Waals surface area contributed by atoms with E-state index in [1.165, 1.54) is 0 Å². The van der Waals surface area contributed by atoms with Crippen LogP contribution in [0.4, 0.5) is 4.79 Å². The molecule has 1 atom stereocenters. The molecule has 0 rings (SSSR count). The number of hydrogen-bond acceptors (Lipinski definition) is 3. The summed E-state index contributed by atoms with van der Waals surface area (Å²) >= 11 is 0. The fraction of sp³-hybridized carbons (Fsp3) is 0.727. The molecule has 0 bridgehead atoms. The van der Waals surface area contributed by atoms with E-state index in [2.05, 4.69) is 0 Å². The van der Waals surface area contributed by atoms with E-state index in [1.54, 1.807) is 0 Å². The number of rotatable bonds is 7. The largest absolute Gasteiger partial charge is 0.481 e. The van der Waals surface area contributed by atoms with Gasteiger partial charge in [0.05, 0.1) is 0 Å². The molecule has 0 aliphatic heterocycles. The Bertz CT molecular complexity index is 291. The topological polar surface area (TPSA) is 101 Å². The van der Waals surface area contributed by atoms with Gasteiger partial charge in [0.1, 0.15) is 6.42 Å². The molecule has 0 aliphatic rings. The highest BCUT2D eigenvalue weighted by Gasteiger charge is 2.22. The van der Waals surface area contributed by atoms with Crippen molar-refractivity contribution in [2.75, 3.05) is 6.54 Å². The zero-order valence-electron chi connectivity index (χ0n) is 10.3. The summed E-state index contributed by atoms with van der Waals surface area (Å²) in [7, 11) is 0. The van der Waals surface area contributed by atoms with E-state index in [0.29, 0.717) is 0 Å². The Hall–Kier alpha value is -1.59. The first-order valence-electron chi connectivity index (χ1n) is 5.70. The number of urea groups is 1. The molecule has 0 fully saturated rings. The summed E-state index contributed by atoms with van der Waals surface area (Å²) in [6.45, 7) is 4.13. The molecule has 0 aromatic heterocycles. The third-order valence-corrected chi connectivity index (χ3v) is 2.41. The molecule has 0 spiro atoms. The zero-order chi connectivity index (χ0) is 13.4. The number of carboxylic acids is 1. The molecule has 0 aromatic carbocycles. The van der Waals surface area contributed by atoms with Gasteiger partial charge in [-0.1, -0.05) is 26.7 Å². The van der Waals surface area contributed by atoms with Crippen LogP contribution in [0.5, 0.6) is 0 Å². The van der Waals surface area contributed by atoms with E-state index in [-0.39, 0.29) is 12.5 Å². The third kappa shape index (κ3) is 6.55. The molecule has 17 heavy (non-hydrogen) atoms. The molecule has 0 aromatic rings. The number of imide groups is 1. The van der Waals surface area contributed by atoms with E-state index in [1.807, 2.05) is 13.8 Å². The second kappa shape index (κ2) is 7.65. The summed E-state index contributed by atoms with van der Waals surface area (Å²) < 4.78 is 0. The number of aliphatic carboxylic acids is 1. The first kappa shape index (κ1) is 15.4. The number of carbonyl (C=O) groups is 3. The van der Waals surface area contributed by atoms with Crippen LogP contribution in [0.15, 0.2) is 0 Å². The van der Waals surface area contributed by atoms with Gasteiger partial charge < -0.3 is 10.8 Å². The number of unbranched alkanes of at least 4 members (excludes halogenated alkanes) is 1. The Labute approximate surface area is 101 Å². The van der Waals surface area contributed by atoms with Crippen molar-refractivity contribution in [2.24, 2.45) is 11.7 Å². The monoisotopic (exact) mass is 244 g/mol. The fourth-order valence-electron chi connectivity index (χ4n) is 1.50. The molecule has 3 amide bonds. The van der Waals surface area contributed by atoms with Crippen molar-refractivity contribution in [1.82, 2.24) is 4.90 Å². The number of amides is 3. The van der Waals surface area contributed by atoms with E-state index >= 15 is 0 Å². The quantitative estimate of drug-likeness (QED) is 0.657. The van der Waals surface area contributed by atoms with Crippen LogP contribution in [0.2, 0.25) is 0 Å². The molecule has 0 heterocycles. The number of carbonyl (C=O) groups excluding carboxylic acids is 2. The lowest BCUT2D eigenvalue weighted by Crippen LogP contribution is -2.43. The van der Waals surface area contributed by atoms with Gasteiger partial charge in [0.15, 0.2) is 0 Å². The van der Waals surface area contributed by atoms with Crippen molar-refractivity contribution in [3.63, 3.8) is 0 Å². The summed E-state index contributed by atoms with van der Waals surface area (Å²) in [5.41, 5.74) is 5.06. The van der Waals surface area contributed by atoms with Crippen LogP contribution in [-0.4, -0.2) is 34.5 Å². The normalized spacial score (nSPS) is 11.9. The summed E-state index contributed by atoms with van der Waals surface area (Å²) in [4.78, 5) is 33.7. The Morgan fingerprint density at radius 1 is 1.35 bits per heavy atom. The van der Waals surface area contributed by atoms with Gasteiger partial charge in [0, 0.05) is 6.54 Å². The lowest BCUT2D eigenvalue weighted by Gasteiger charge is -2.21. The van der Waals surface area contributed by atoms with Gasteiger partial charge in [0.25, 0.3) is 0 Å². The predicted molar refractivity (Wildman–Crippen MR) is 62.2 cm³/mol. The van der Waals surface area contributed by atoms with Crippen LogP contribution in [0.3, 0.4) is 0 Å². The second-order valence-electron chi connectivity index (χ2n) is 4.16. The number of nitrogens with zero attached hydrogens (tertiary/aromatic N) is 1. The van der Waals surface area contributed by atoms with E-state index in [0.717, 1.165) is 24.2 Å². The number of carboxylic acid groups (broad SMARTS) is 1. The summed E-state index contributed by atoms with van der Waals surface area (Å²) in [5.74, 6) is -1.89. The molecule has 0 saturated carbocycles. The van der Waals surface area contributed by atoms with Gasteiger partial charge in [0.2, 0.25) is 5.91 Å². The van der Waals surface area contributed by atoms with Crippen molar-refractivity contribution in [2.45, 2.75) is 39.5 Å². The van der Waals surface area contributed by atoms with Crippen LogP contribution in [-0.2, 0) is 9.59 Å². The Morgan fingerprint density at radius 2 is 1.94 bits per heavy atom. The lowest BCUT2D eigenvalue weighted by molar-refractivity contribution is -0.143. The van der Waals surface area contributed by atoms with Gasteiger partial charge in [-0.3, -0.25) is 14.5 Å². The maximum Gasteiger partial charge on any atom is 0.321 e. The van der Waals surface area contributed by atoms with Crippen LogP contribution >= 0.6 is 0 Å². The van der Waals surface area contributed by atoms with Gasteiger partial charge >= 0.3 is 12.0 Å². The molecule has 1 unspecified atom stereocenters. The average molecular weight is 244 g/mol. The maximum atomic E-state index is 11.4. The minimum atomic E-state index is -1.26. The highest BCUT2D eigenvalue weighted by molar-refractivity contribution is 6.01. The highest BCUT2D eigenvalue weighted by atomic mass is 16.4. The standard InChI is InChI=1S/C11H20N2O4/c1-3-4-5-8(2)7-13(11(12)17)9(14)6-10(15)16/h8H,3-7H2,1-2H3,(H2,12,17)(H,15,16). The molecule has 98 valence electrons. The van der Waals surface area contributed by atoms with Crippen molar-refractivity contribution in [3.05, 3.63) is 0 Å². The average Bonchev–Trinajstić information content (AvgIpc) is 2.21. The van der Waals surface area contributed by atoms with Crippen molar-refractivity contribution in [1.29, 1.82) is 0 Å². The number of hydrogen-bond donors (Lipinski definition) is 2. The molecule has 0 radical (unpaired) electrons. The second-order valence-corrected chi connectivity index (χ2v) is 4.16. The SMILES string of the molecule is CCCCC(C)CN(C(N)=O)C(=O)CC(=O)O. The van der Waals surface area contributed by atoms with Crippen LogP contribution in [0.25, 0.3) is 0 Å². The Kier molecular flexibility index (Phi) is 6.93.